The molecule has 0 saturated heterocycles. The second-order valence-corrected chi connectivity index (χ2v) is 2.52. The molecular formula is C7H8ClFN2O. The zero-order chi connectivity index (χ0) is 8.97. The highest BCUT2D eigenvalue weighted by atomic mass is 35.5. The van der Waals surface area contributed by atoms with Crippen LogP contribution in [0.25, 0.3) is 0 Å². The summed E-state index contributed by atoms with van der Waals surface area (Å²) in [6, 6.07) is 1.36. The van der Waals surface area contributed by atoms with Crippen LogP contribution in [0.2, 0.25) is 5.02 Å². The molecule has 0 amide bonds. The molecule has 0 atom stereocenters. The molecule has 0 aliphatic rings. The molecule has 0 unspecified atom stereocenters. The number of pyridine rings is 1. The molecule has 5 heteroatoms. The number of rotatable bonds is 3. The molecule has 3 nitrogen and oxygen atoms in total. The second-order valence-electron chi connectivity index (χ2n) is 2.08. The van der Waals surface area contributed by atoms with Crippen LogP contribution in [0.1, 0.15) is 0 Å². The van der Waals surface area contributed by atoms with E-state index in [1.165, 1.54) is 12.3 Å². The van der Waals surface area contributed by atoms with Gasteiger partial charge in [0.2, 0.25) is 0 Å². The summed E-state index contributed by atoms with van der Waals surface area (Å²) in [5.41, 5.74) is 5.16. The van der Waals surface area contributed by atoms with E-state index in [0.29, 0.717) is 11.6 Å². The SMILES string of the molecule is NCCOc1cc(Cl)cnc1F. The zero-order valence-corrected chi connectivity index (χ0v) is 7.01. The Morgan fingerprint density at radius 1 is 1.67 bits per heavy atom. The molecule has 0 bridgehead atoms. The summed E-state index contributed by atoms with van der Waals surface area (Å²) in [5, 5.41) is 0.337. The van der Waals surface area contributed by atoms with Gasteiger partial charge in [-0.2, -0.15) is 4.39 Å². The maximum atomic E-state index is 12.8. The minimum atomic E-state index is -0.673. The van der Waals surface area contributed by atoms with Gasteiger partial charge >= 0.3 is 0 Å². The number of halogens is 2. The first-order valence-corrected chi connectivity index (χ1v) is 3.75. The summed E-state index contributed by atoms with van der Waals surface area (Å²) in [5.74, 6) is -0.638. The number of aromatic nitrogens is 1. The molecule has 0 radical (unpaired) electrons. The molecule has 1 heterocycles. The Bertz CT molecular complexity index is 270. The summed E-state index contributed by atoms with van der Waals surface area (Å²) in [6.45, 7) is 0.574. The Morgan fingerprint density at radius 2 is 2.42 bits per heavy atom. The first kappa shape index (κ1) is 9.22. The minimum absolute atomic E-state index is 0.0351. The Kier molecular flexibility index (Phi) is 3.25. The Balaban J connectivity index is 2.75. The highest BCUT2D eigenvalue weighted by molar-refractivity contribution is 6.30. The standard InChI is InChI=1S/C7H8ClFN2O/c8-5-3-6(12-2-1-10)7(9)11-4-5/h3-4H,1-2,10H2. The van der Waals surface area contributed by atoms with E-state index in [0.717, 1.165) is 0 Å². The summed E-state index contributed by atoms with van der Waals surface area (Å²) >= 11 is 5.56. The van der Waals surface area contributed by atoms with Crippen LogP contribution in [0.4, 0.5) is 4.39 Å². The Morgan fingerprint density at radius 3 is 3.08 bits per heavy atom. The minimum Gasteiger partial charge on any atom is -0.487 e. The largest absolute Gasteiger partial charge is 0.487 e. The lowest BCUT2D eigenvalue weighted by atomic mass is 10.4. The van der Waals surface area contributed by atoms with Gasteiger partial charge in [0.25, 0.3) is 5.95 Å². The number of nitrogens with two attached hydrogens (primary N) is 1. The molecular weight excluding hydrogens is 183 g/mol. The van der Waals surface area contributed by atoms with Crippen molar-refractivity contribution in [3.05, 3.63) is 23.2 Å². The van der Waals surface area contributed by atoms with Gasteiger partial charge in [-0.15, -0.1) is 0 Å². The summed E-state index contributed by atoms with van der Waals surface area (Å²) in [4.78, 5) is 3.37. The molecule has 1 aromatic heterocycles. The Labute approximate surface area is 74.3 Å². The van der Waals surface area contributed by atoms with Crippen LogP contribution in [0.3, 0.4) is 0 Å². The molecule has 1 aromatic rings. The van der Waals surface area contributed by atoms with E-state index in [1.807, 2.05) is 0 Å². The van der Waals surface area contributed by atoms with Gasteiger partial charge in [0.05, 0.1) is 5.02 Å². The van der Waals surface area contributed by atoms with E-state index >= 15 is 0 Å². The Hall–Kier alpha value is -0.870. The fourth-order valence-electron chi connectivity index (χ4n) is 0.674. The van der Waals surface area contributed by atoms with E-state index in [2.05, 4.69) is 4.98 Å². The molecule has 2 N–H and O–H groups in total. The van der Waals surface area contributed by atoms with Crippen molar-refractivity contribution in [1.82, 2.24) is 4.98 Å². The quantitative estimate of drug-likeness (QED) is 0.729. The topological polar surface area (TPSA) is 48.1 Å². The fraction of sp³-hybridized carbons (Fsp3) is 0.286. The van der Waals surface area contributed by atoms with E-state index in [4.69, 9.17) is 22.1 Å². The lowest BCUT2D eigenvalue weighted by Gasteiger charge is -2.04. The normalized spacial score (nSPS) is 9.92. The molecule has 1 rings (SSSR count). The molecule has 66 valence electrons. The first-order chi connectivity index (χ1) is 5.74. The van der Waals surface area contributed by atoms with Crippen molar-refractivity contribution in [1.29, 1.82) is 0 Å². The number of nitrogens with zero attached hydrogens (tertiary/aromatic N) is 1. The molecule has 0 saturated carbocycles. The van der Waals surface area contributed by atoms with Gasteiger partial charge < -0.3 is 10.5 Å². The molecule has 12 heavy (non-hydrogen) atoms. The van der Waals surface area contributed by atoms with Gasteiger partial charge in [0, 0.05) is 18.8 Å². The van der Waals surface area contributed by atoms with Crippen molar-refractivity contribution in [2.24, 2.45) is 5.73 Å². The summed E-state index contributed by atoms with van der Waals surface area (Å²) in [6.07, 6.45) is 1.21. The van der Waals surface area contributed by atoms with Crippen molar-refractivity contribution in [3.63, 3.8) is 0 Å². The third-order valence-corrected chi connectivity index (χ3v) is 1.36. The number of ether oxygens (including phenoxy) is 1. The van der Waals surface area contributed by atoms with Crippen molar-refractivity contribution < 1.29 is 9.13 Å². The number of hydrogen-bond acceptors (Lipinski definition) is 3. The van der Waals surface area contributed by atoms with Crippen LogP contribution >= 0.6 is 11.6 Å². The zero-order valence-electron chi connectivity index (χ0n) is 6.26. The fourth-order valence-corrected chi connectivity index (χ4v) is 0.822. The molecule has 0 spiro atoms. The third kappa shape index (κ3) is 2.32. The summed E-state index contributed by atoms with van der Waals surface area (Å²) < 4.78 is 17.7. The van der Waals surface area contributed by atoms with Crippen LogP contribution in [0, 0.1) is 5.95 Å². The van der Waals surface area contributed by atoms with E-state index in [9.17, 15) is 4.39 Å². The lowest BCUT2D eigenvalue weighted by Crippen LogP contribution is -2.11. The maximum Gasteiger partial charge on any atom is 0.255 e. The maximum absolute atomic E-state index is 12.8. The van der Waals surface area contributed by atoms with Crippen LogP contribution in [0.5, 0.6) is 5.75 Å². The second kappa shape index (κ2) is 4.23. The lowest BCUT2D eigenvalue weighted by molar-refractivity contribution is 0.306. The van der Waals surface area contributed by atoms with E-state index in [1.54, 1.807) is 0 Å². The molecule has 0 aliphatic carbocycles. The molecule has 0 fully saturated rings. The first-order valence-electron chi connectivity index (χ1n) is 3.38. The van der Waals surface area contributed by atoms with Gasteiger partial charge in [-0.1, -0.05) is 11.6 Å². The van der Waals surface area contributed by atoms with Crippen LogP contribution in [0.15, 0.2) is 12.3 Å². The van der Waals surface area contributed by atoms with E-state index in [-0.39, 0.29) is 12.4 Å². The van der Waals surface area contributed by atoms with Crippen molar-refractivity contribution >= 4 is 11.6 Å². The van der Waals surface area contributed by atoms with Gasteiger partial charge in [0.15, 0.2) is 5.75 Å². The smallest absolute Gasteiger partial charge is 0.255 e. The average molecular weight is 191 g/mol. The van der Waals surface area contributed by atoms with Gasteiger partial charge in [0.1, 0.15) is 6.61 Å². The highest BCUT2D eigenvalue weighted by Gasteiger charge is 2.04. The monoisotopic (exact) mass is 190 g/mol. The molecule has 0 aromatic carbocycles. The predicted octanol–water partition coefficient (Wildman–Crippen LogP) is 1.21. The van der Waals surface area contributed by atoms with Crippen molar-refractivity contribution in [2.75, 3.05) is 13.2 Å². The van der Waals surface area contributed by atoms with Gasteiger partial charge in [-0.25, -0.2) is 4.98 Å². The predicted molar refractivity (Wildman–Crippen MR) is 43.8 cm³/mol. The number of hydrogen-bond donors (Lipinski definition) is 1. The van der Waals surface area contributed by atoms with Crippen LogP contribution < -0.4 is 10.5 Å². The van der Waals surface area contributed by atoms with Crippen LogP contribution in [-0.4, -0.2) is 18.1 Å². The van der Waals surface area contributed by atoms with Crippen LogP contribution in [-0.2, 0) is 0 Å². The molecule has 0 aliphatic heterocycles. The van der Waals surface area contributed by atoms with Gasteiger partial charge in [-0.3, -0.25) is 0 Å². The average Bonchev–Trinajstić information content (AvgIpc) is 2.07. The van der Waals surface area contributed by atoms with Crippen molar-refractivity contribution in [2.45, 2.75) is 0 Å². The third-order valence-electron chi connectivity index (χ3n) is 1.15. The van der Waals surface area contributed by atoms with Crippen molar-refractivity contribution in [3.8, 4) is 5.75 Å². The summed E-state index contributed by atoms with van der Waals surface area (Å²) in [7, 11) is 0. The van der Waals surface area contributed by atoms with E-state index < -0.39 is 5.95 Å². The highest BCUT2D eigenvalue weighted by Crippen LogP contribution is 2.18. The van der Waals surface area contributed by atoms with Gasteiger partial charge in [-0.05, 0) is 0 Å².